The van der Waals surface area contributed by atoms with Crippen LogP contribution in [-0.4, -0.2) is 20.8 Å². The zero-order chi connectivity index (χ0) is 19.5. The molecule has 28 heavy (non-hydrogen) atoms. The Bertz CT molecular complexity index is 1160. The maximum absolute atomic E-state index is 13.0. The molecule has 3 aromatic heterocycles. The predicted molar refractivity (Wildman–Crippen MR) is 106 cm³/mol. The number of carbonyl (C=O) groups is 1. The Hall–Kier alpha value is -3.67. The lowest BCUT2D eigenvalue weighted by Gasteiger charge is -2.21. The van der Waals surface area contributed by atoms with Crippen molar-refractivity contribution in [1.29, 1.82) is 0 Å². The summed E-state index contributed by atoms with van der Waals surface area (Å²) in [6.45, 7) is 2.37. The first-order chi connectivity index (χ1) is 13.6. The molecule has 0 fully saturated rings. The third kappa shape index (κ3) is 3.57. The van der Waals surface area contributed by atoms with Gasteiger partial charge in [-0.15, -0.1) is 0 Å². The molecule has 1 aromatic carbocycles. The van der Waals surface area contributed by atoms with Crippen LogP contribution in [0.15, 0.2) is 76.4 Å². The Kier molecular flexibility index (Phi) is 4.76. The molecule has 6 heteroatoms. The number of benzene rings is 1. The molecule has 6 nitrogen and oxygen atoms in total. The van der Waals surface area contributed by atoms with Crippen LogP contribution in [0.2, 0.25) is 0 Å². The number of nitrogens with one attached hydrogen (secondary N) is 1. The van der Waals surface area contributed by atoms with Crippen LogP contribution >= 0.6 is 0 Å². The molecule has 1 N–H and O–H groups in total. The van der Waals surface area contributed by atoms with E-state index in [4.69, 9.17) is 4.42 Å². The minimum Gasteiger partial charge on any atom is -0.467 e. The highest BCUT2D eigenvalue weighted by Gasteiger charge is 2.19. The van der Waals surface area contributed by atoms with Gasteiger partial charge in [0.2, 0.25) is 0 Å². The number of nitrogens with zero attached hydrogens (tertiary/aromatic N) is 2. The Morgan fingerprint density at radius 3 is 2.79 bits per heavy atom. The van der Waals surface area contributed by atoms with Crippen LogP contribution in [0.25, 0.3) is 10.9 Å². The molecule has 1 amide bonds. The molecule has 0 saturated heterocycles. The van der Waals surface area contributed by atoms with Crippen molar-refractivity contribution >= 4 is 16.8 Å². The van der Waals surface area contributed by atoms with Crippen LogP contribution in [0.1, 0.15) is 27.2 Å². The normalized spacial score (nSPS) is 10.9. The van der Waals surface area contributed by atoms with Gasteiger partial charge in [0.1, 0.15) is 5.76 Å². The van der Waals surface area contributed by atoms with Crippen molar-refractivity contribution in [2.24, 2.45) is 0 Å². The lowest BCUT2D eigenvalue weighted by molar-refractivity contribution is 0.0716. The average molecular weight is 373 g/mol. The summed E-state index contributed by atoms with van der Waals surface area (Å²) in [7, 11) is 0. The second kappa shape index (κ2) is 7.52. The fourth-order valence-electron chi connectivity index (χ4n) is 3.21. The zero-order valence-corrected chi connectivity index (χ0v) is 15.4. The summed E-state index contributed by atoms with van der Waals surface area (Å²) in [6.07, 6.45) is 4.70. The molecule has 3 heterocycles. The van der Waals surface area contributed by atoms with Gasteiger partial charge in [-0.25, -0.2) is 0 Å². The van der Waals surface area contributed by atoms with E-state index >= 15 is 0 Å². The number of H-pyrrole nitrogens is 1. The molecule has 0 aliphatic rings. The summed E-state index contributed by atoms with van der Waals surface area (Å²) in [5, 5.41) is 0.932. The highest BCUT2D eigenvalue weighted by atomic mass is 16.3. The molecular weight excluding hydrogens is 354 g/mol. The fraction of sp³-hybridized carbons (Fsp3) is 0.136. The highest BCUT2D eigenvalue weighted by Crippen LogP contribution is 2.18. The monoisotopic (exact) mass is 373 g/mol. The molecule has 0 bridgehead atoms. The van der Waals surface area contributed by atoms with Crippen LogP contribution < -0.4 is 5.56 Å². The van der Waals surface area contributed by atoms with Crippen molar-refractivity contribution in [2.75, 3.05) is 0 Å². The Morgan fingerprint density at radius 2 is 2.04 bits per heavy atom. The van der Waals surface area contributed by atoms with E-state index in [1.807, 2.05) is 31.2 Å². The number of aromatic nitrogens is 2. The maximum atomic E-state index is 13.0. The van der Waals surface area contributed by atoms with Gasteiger partial charge in [-0.1, -0.05) is 18.2 Å². The molecule has 140 valence electrons. The van der Waals surface area contributed by atoms with Crippen LogP contribution in [0.3, 0.4) is 0 Å². The SMILES string of the molecule is Cc1cccc2cc(CN(Cc3ccco3)C(=O)c3cccnc3)c(=O)[nH]c12. The van der Waals surface area contributed by atoms with E-state index in [9.17, 15) is 9.59 Å². The second-order valence-electron chi connectivity index (χ2n) is 6.65. The topological polar surface area (TPSA) is 79.2 Å². The van der Waals surface area contributed by atoms with Crippen LogP contribution in [0, 0.1) is 6.92 Å². The summed E-state index contributed by atoms with van der Waals surface area (Å²) in [5.41, 5.74) is 2.58. The second-order valence-corrected chi connectivity index (χ2v) is 6.65. The summed E-state index contributed by atoms with van der Waals surface area (Å²) < 4.78 is 5.41. The van der Waals surface area contributed by atoms with Crippen molar-refractivity contribution in [3.63, 3.8) is 0 Å². The Labute approximate surface area is 161 Å². The van der Waals surface area contributed by atoms with Gasteiger partial charge in [-0.2, -0.15) is 0 Å². The average Bonchev–Trinajstić information content (AvgIpc) is 3.22. The predicted octanol–water partition coefficient (Wildman–Crippen LogP) is 3.67. The van der Waals surface area contributed by atoms with E-state index in [2.05, 4.69) is 9.97 Å². The van der Waals surface area contributed by atoms with E-state index in [-0.39, 0.29) is 24.6 Å². The van der Waals surface area contributed by atoms with Gasteiger partial charge in [-0.05, 0) is 48.2 Å². The molecule has 4 rings (SSSR count). The molecule has 0 aliphatic heterocycles. The van der Waals surface area contributed by atoms with Gasteiger partial charge in [0.15, 0.2) is 0 Å². The third-order valence-corrected chi connectivity index (χ3v) is 4.65. The Balaban J connectivity index is 1.71. The van der Waals surface area contributed by atoms with Crippen molar-refractivity contribution in [1.82, 2.24) is 14.9 Å². The number of hydrogen-bond acceptors (Lipinski definition) is 4. The van der Waals surface area contributed by atoms with Gasteiger partial charge < -0.3 is 14.3 Å². The lowest BCUT2D eigenvalue weighted by atomic mass is 10.1. The van der Waals surface area contributed by atoms with Crippen LogP contribution in [-0.2, 0) is 13.1 Å². The number of rotatable bonds is 5. The number of para-hydroxylation sites is 1. The van der Waals surface area contributed by atoms with Crippen molar-refractivity contribution in [3.05, 3.63) is 100.0 Å². The summed E-state index contributed by atoms with van der Waals surface area (Å²) in [6, 6.07) is 14.7. The van der Waals surface area contributed by atoms with Crippen molar-refractivity contribution < 1.29 is 9.21 Å². The Morgan fingerprint density at radius 1 is 1.14 bits per heavy atom. The summed E-state index contributed by atoms with van der Waals surface area (Å²) in [5.74, 6) is 0.429. The fourth-order valence-corrected chi connectivity index (χ4v) is 3.21. The standard InChI is InChI=1S/C22H19N3O3/c1-15-5-2-6-16-11-18(21(26)24-20(15)16)13-25(14-19-8-4-10-28-19)22(27)17-7-3-9-23-12-17/h2-12H,13-14H2,1H3,(H,24,26). The van der Waals surface area contributed by atoms with Crippen molar-refractivity contribution in [2.45, 2.75) is 20.0 Å². The molecule has 4 aromatic rings. The van der Waals surface area contributed by atoms with E-state index in [1.54, 1.807) is 41.6 Å². The van der Waals surface area contributed by atoms with Gasteiger partial charge in [0.05, 0.1) is 30.4 Å². The maximum Gasteiger partial charge on any atom is 0.256 e. The minimum absolute atomic E-state index is 0.160. The number of pyridine rings is 2. The van der Waals surface area contributed by atoms with Crippen LogP contribution in [0.5, 0.6) is 0 Å². The quantitative estimate of drug-likeness (QED) is 0.579. The number of carbonyl (C=O) groups excluding carboxylic acids is 1. The zero-order valence-electron chi connectivity index (χ0n) is 15.4. The number of aryl methyl sites for hydroxylation is 1. The minimum atomic E-state index is -0.215. The molecule has 0 spiro atoms. The van der Waals surface area contributed by atoms with Crippen molar-refractivity contribution in [3.8, 4) is 0 Å². The summed E-state index contributed by atoms with van der Waals surface area (Å²) in [4.78, 5) is 34.2. The highest BCUT2D eigenvalue weighted by molar-refractivity contribution is 5.93. The molecule has 0 aliphatic carbocycles. The first-order valence-corrected chi connectivity index (χ1v) is 8.95. The number of fused-ring (bicyclic) bond motifs is 1. The summed E-state index contributed by atoms with van der Waals surface area (Å²) >= 11 is 0. The number of furan rings is 1. The molecular formula is C22H19N3O3. The molecule has 0 saturated carbocycles. The van der Waals surface area contributed by atoms with Gasteiger partial charge >= 0.3 is 0 Å². The van der Waals surface area contributed by atoms with Gasteiger partial charge in [0.25, 0.3) is 11.5 Å². The first kappa shape index (κ1) is 17.7. The van der Waals surface area contributed by atoms with Crippen LogP contribution in [0.4, 0.5) is 0 Å². The molecule has 0 atom stereocenters. The molecule has 0 unspecified atom stereocenters. The van der Waals surface area contributed by atoms with E-state index < -0.39 is 0 Å². The number of hydrogen-bond donors (Lipinski definition) is 1. The van der Waals surface area contributed by atoms with E-state index in [0.717, 1.165) is 16.5 Å². The smallest absolute Gasteiger partial charge is 0.256 e. The largest absolute Gasteiger partial charge is 0.467 e. The van der Waals surface area contributed by atoms with E-state index in [1.165, 1.54) is 6.20 Å². The number of aromatic amines is 1. The third-order valence-electron chi connectivity index (χ3n) is 4.65. The lowest BCUT2D eigenvalue weighted by Crippen LogP contribution is -2.32. The molecule has 0 radical (unpaired) electrons. The van der Waals surface area contributed by atoms with Gasteiger partial charge in [-0.3, -0.25) is 14.6 Å². The number of amides is 1. The van der Waals surface area contributed by atoms with Gasteiger partial charge in [0, 0.05) is 18.0 Å². The van der Waals surface area contributed by atoms with E-state index in [0.29, 0.717) is 16.9 Å². The first-order valence-electron chi connectivity index (χ1n) is 8.95.